The number of aromatic nitrogens is 2. The van der Waals surface area contributed by atoms with Gasteiger partial charge < -0.3 is 10.2 Å². The normalized spacial score (nSPS) is 27.4. The second-order valence-electron chi connectivity index (χ2n) is 7.07. The number of nitrogens with zero attached hydrogens (tertiary/aromatic N) is 3. The average molecular weight is 286 g/mol. The largest absolute Gasteiger partial charge is 0.370 e. The van der Waals surface area contributed by atoms with Gasteiger partial charge in [0.1, 0.15) is 17.5 Å². The molecule has 2 aliphatic carbocycles. The first-order valence-corrected chi connectivity index (χ1v) is 8.65. The fourth-order valence-corrected chi connectivity index (χ4v) is 3.93. The molecule has 2 atom stereocenters. The van der Waals surface area contributed by atoms with Crippen molar-refractivity contribution in [3.05, 3.63) is 11.4 Å². The predicted molar refractivity (Wildman–Crippen MR) is 86.0 cm³/mol. The summed E-state index contributed by atoms with van der Waals surface area (Å²) in [5.74, 6) is 4.90. The fraction of sp³-hybridized carbons (Fsp3) is 0.765. The highest BCUT2D eigenvalue weighted by Gasteiger charge is 2.40. The summed E-state index contributed by atoms with van der Waals surface area (Å²) in [7, 11) is 0. The molecule has 2 saturated carbocycles. The molecule has 4 heteroatoms. The first kappa shape index (κ1) is 13.4. The van der Waals surface area contributed by atoms with Gasteiger partial charge in [-0.15, -0.1) is 0 Å². The smallest absolute Gasteiger partial charge is 0.137 e. The summed E-state index contributed by atoms with van der Waals surface area (Å²) in [5.41, 5.74) is 1.25. The number of fused-ring (bicyclic) bond motifs is 2. The minimum absolute atomic E-state index is 0.617. The van der Waals surface area contributed by atoms with Crippen molar-refractivity contribution in [2.24, 2.45) is 5.92 Å². The molecule has 4 nitrogen and oxygen atoms in total. The van der Waals surface area contributed by atoms with Gasteiger partial charge in [0.2, 0.25) is 0 Å². The molecule has 0 amide bonds. The lowest BCUT2D eigenvalue weighted by atomic mass is 10.1. The van der Waals surface area contributed by atoms with Crippen LogP contribution in [0, 0.1) is 12.8 Å². The van der Waals surface area contributed by atoms with Crippen molar-refractivity contribution < 1.29 is 0 Å². The van der Waals surface area contributed by atoms with Gasteiger partial charge >= 0.3 is 0 Å². The Labute approximate surface area is 127 Å². The van der Waals surface area contributed by atoms with Crippen LogP contribution in [-0.2, 0) is 0 Å². The summed E-state index contributed by atoms with van der Waals surface area (Å²) in [5, 5.41) is 3.52. The minimum atomic E-state index is 0.617. The Morgan fingerprint density at radius 2 is 2.05 bits per heavy atom. The van der Waals surface area contributed by atoms with E-state index in [0.717, 1.165) is 36.6 Å². The van der Waals surface area contributed by atoms with Gasteiger partial charge in [0.15, 0.2) is 0 Å². The van der Waals surface area contributed by atoms with Crippen molar-refractivity contribution >= 4 is 11.6 Å². The first-order valence-electron chi connectivity index (χ1n) is 8.65. The second kappa shape index (κ2) is 5.15. The maximum Gasteiger partial charge on any atom is 0.137 e. The highest BCUT2D eigenvalue weighted by atomic mass is 15.3. The van der Waals surface area contributed by atoms with E-state index < -0.39 is 0 Å². The van der Waals surface area contributed by atoms with Crippen LogP contribution < -0.4 is 10.2 Å². The lowest BCUT2D eigenvalue weighted by Crippen LogP contribution is -2.33. The summed E-state index contributed by atoms with van der Waals surface area (Å²) in [6.07, 6.45) is 7.81. The predicted octanol–water partition coefficient (Wildman–Crippen LogP) is 3.47. The SMILES string of the molecule is CCCNc1nc(C2CC2)nc(N2CC3CCC2C3)c1C. The molecule has 1 N–H and O–H groups in total. The Bertz CT molecular complexity index is 538. The number of rotatable bonds is 5. The molecule has 3 aliphatic rings. The van der Waals surface area contributed by atoms with E-state index in [-0.39, 0.29) is 0 Å². The molecule has 0 radical (unpaired) electrons. The zero-order valence-electron chi connectivity index (χ0n) is 13.2. The summed E-state index contributed by atoms with van der Waals surface area (Å²) >= 11 is 0. The standard InChI is InChI=1S/C17H26N4/c1-3-8-18-15-11(2)17(20-16(19-15)13-5-6-13)21-10-12-4-7-14(21)9-12/h12-14H,3-10H2,1-2H3,(H,18,19,20). The number of hydrogen-bond donors (Lipinski definition) is 1. The van der Waals surface area contributed by atoms with Gasteiger partial charge in [-0.05, 0) is 51.4 Å². The van der Waals surface area contributed by atoms with E-state index in [0.29, 0.717) is 5.92 Å². The maximum absolute atomic E-state index is 4.98. The molecule has 1 aliphatic heterocycles. The van der Waals surface area contributed by atoms with Gasteiger partial charge in [-0.3, -0.25) is 0 Å². The van der Waals surface area contributed by atoms with Crippen molar-refractivity contribution in [2.45, 2.75) is 64.3 Å². The molecule has 21 heavy (non-hydrogen) atoms. The Morgan fingerprint density at radius 1 is 1.19 bits per heavy atom. The molecule has 1 aromatic heterocycles. The van der Waals surface area contributed by atoms with Crippen LogP contribution in [0.5, 0.6) is 0 Å². The summed E-state index contributed by atoms with van der Waals surface area (Å²) in [6, 6.07) is 0.731. The number of piperidine rings is 1. The van der Waals surface area contributed by atoms with E-state index in [4.69, 9.17) is 9.97 Å². The Morgan fingerprint density at radius 3 is 2.67 bits per heavy atom. The lowest BCUT2D eigenvalue weighted by molar-refractivity contribution is 0.548. The van der Waals surface area contributed by atoms with Crippen molar-refractivity contribution in [3.8, 4) is 0 Å². The molecule has 2 heterocycles. The van der Waals surface area contributed by atoms with E-state index in [1.165, 1.54) is 50.0 Å². The number of nitrogens with one attached hydrogen (secondary N) is 1. The average Bonchev–Trinajstić information content (AvgIpc) is 3.14. The highest BCUT2D eigenvalue weighted by molar-refractivity contribution is 5.60. The fourth-order valence-electron chi connectivity index (χ4n) is 3.93. The van der Waals surface area contributed by atoms with Gasteiger partial charge in [0.05, 0.1) is 0 Å². The Balaban J connectivity index is 1.69. The molecular formula is C17H26N4. The molecule has 1 saturated heterocycles. The summed E-state index contributed by atoms with van der Waals surface area (Å²) in [4.78, 5) is 12.4. The molecule has 114 valence electrons. The Kier molecular flexibility index (Phi) is 3.27. The topological polar surface area (TPSA) is 41.1 Å². The van der Waals surface area contributed by atoms with Crippen LogP contribution in [0.2, 0.25) is 0 Å². The van der Waals surface area contributed by atoms with Crippen LogP contribution in [0.15, 0.2) is 0 Å². The van der Waals surface area contributed by atoms with Gasteiger partial charge in [-0.25, -0.2) is 9.97 Å². The minimum Gasteiger partial charge on any atom is -0.370 e. The van der Waals surface area contributed by atoms with Gasteiger partial charge in [0, 0.05) is 30.6 Å². The van der Waals surface area contributed by atoms with E-state index >= 15 is 0 Å². The van der Waals surface area contributed by atoms with Crippen LogP contribution in [0.3, 0.4) is 0 Å². The van der Waals surface area contributed by atoms with E-state index in [9.17, 15) is 0 Å². The van der Waals surface area contributed by atoms with E-state index in [1.54, 1.807) is 0 Å². The van der Waals surface area contributed by atoms with Crippen LogP contribution in [0.4, 0.5) is 11.6 Å². The van der Waals surface area contributed by atoms with Crippen molar-refractivity contribution in [1.29, 1.82) is 0 Å². The number of anilines is 2. The zero-order valence-corrected chi connectivity index (χ0v) is 13.2. The number of hydrogen-bond acceptors (Lipinski definition) is 4. The van der Waals surface area contributed by atoms with E-state index in [2.05, 4.69) is 24.1 Å². The molecule has 2 bridgehead atoms. The molecule has 3 fully saturated rings. The maximum atomic E-state index is 4.98. The quantitative estimate of drug-likeness (QED) is 0.900. The third kappa shape index (κ3) is 2.39. The summed E-state index contributed by atoms with van der Waals surface area (Å²) in [6.45, 7) is 6.59. The van der Waals surface area contributed by atoms with Crippen molar-refractivity contribution in [1.82, 2.24) is 9.97 Å². The lowest BCUT2D eigenvalue weighted by Gasteiger charge is -2.30. The third-order valence-electron chi connectivity index (χ3n) is 5.30. The van der Waals surface area contributed by atoms with Gasteiger partial charge in [0.25, 0.3) is 0 Å². The van der Waals surface area contributed by atoms with E-state index in [1.807, 2.05) is 0 Å². The molecular weight excluding hydrogens is 260 g/mol. The van der Waals surface area contributed by atoms with Gasteiger partial charge in [-0.2, -0.15) is 0 Å². The van der Waals surface area contributed by atoms with Crippen LogP contribution in [0.1, 0.15) is 62.8 Å². The van der Waals surface area contributed by atoms with Crippen LogP contribution in [0.25, 0.3) is 0 Å². The molecule has 2 unspecified atom stereocenters. The Hall–Kier alpha value is -1.32. The van der Waals surface area contributed by atoms with Gasteiger partial charge in [-0.1, -0.05) is 6.92 Å². The zero-order chi connectivity index (χ0) is 14.4. The highest BCUT2D eigenvalue weighted by Crippen LogP contribution is 2.44. The molecule has 0 aromatic carbocycles. The first-order chi connectivity index (χ1) is 10.3. The second-order valence-corrected chi connectivity index (χ2v) is 7.07. The molecule has 4 rings (SSSR count). The third-order valence-corrected chi connectivity index (χ3v) is 5.30. The summed E-state index contributed by atoms with van der Waals surface area (Å²) < 4.78 is 0. The van der Waals surface area contributed by atoms with Crippen LogP contribution >= 0.6 is 0 Å². The van der Waals surface area contributed by atoms with Crippen molar-refractivity contribution in [3.63, 3.8) is 0 Å². The molecule has 0 spiro atoms. The monoisotopic (exact) mass is 286 g/mol. The molecule has 1 aromatic rings. The van der Waals surface area contributed by atoms with Crippen molar-refractivity contribution in [2.75, 3.05) is 23.3 Å². The van der Waals surface area contributed by atoms with Crippen LogP contribution in [-0.4, -0.2) is 29.1 Å².